The van der Waals surface area contributed by atoms with Gasteiger partial charge in [-0.3, -0.25) is 14.9 Å². The number of hydrogen-bond donors (Lipinski definition) is 1. The number of hydrogen-bond acceptors (Lipinski definition) is 5. The molecule has 8 heteroatoms. The van der Waals surface area contributed by atoms with Crippen molar-refractivity contribution < 1.29 is 23.9 Å². The SMILES string of the molecule is C#CCOc1c(CC=C)cc(/C=C2\C(=O)NC(=O)N(c3ccc(Cl)cc3)C2=O)cc1OC. The van der Waals surface area contributed by atoms with E-state index in [9.17, 15) is 14.4 Å². The van der Waals surface area contributed by atoms with Crippen molar-refractivity contribution in [1.82, 2.24) is 5.32 Å². The summed E-state index contributed by atoms with van der Waals surface area (Å²) >= 11 is 5.89. The van der Waals surface area contributed by atoms with E-state index in [1.165, 1.54) is 25.3 Å². The highest BCUT2D eigenvalue weighted by Gasteiger charge is 2.36. The second-order valence-corrected chi connectivity index (χ2v) is 7.07. The van der Waals surface area contributed by atoms with Crippen LogP contribution in [0.25, 0.3) is 6.08 Å². The summed E-state index contributed by atoms with van der Waals surface area (Å²) in [7, 11) is 1.46. The van der Waals surface area contributed by atoms with Crippen molar-refractivity contribution in [2.24, 2.45) is 0 Å². The minimum absolute atomic E-state index is 0.0417. The first-order valence-electron chi connectivity index (χ1n) is 9.44. The van der Waals surface area contributed by atoms with Crippen molar-refractivity contribution in [3.8, 4) is 23.8 Å². The van der Waals surface area contributed by atoms with Gasteiger partial charge < -0.3 is 9.47 Å². The second-order valence-electron chi connectivity index (χ2n) is 6.63. The molecule has 0 bridgehead atoms. The van der Waals surface area contributed by atoms with Crippen LogP contribution in [-0.4, -0.2) is 31.6 Å². The van der Waals surface area contributed by atoms with Crippen molar-refractivity contribution in [1.29, 1.82) is 0 Å². The number of benzene rings is 2. The van der Waals surface area contributed by atoms with Gasteiger partial charge in [-0.15, -0.1) is 13.0 Å². The molecule has 0 atom stereocenters. The number of imide groups is 2. The van der Waals surface area contributed by atoms with E-state index in [0.29, 0.717) is 34.1 Å². The molecule has 2 aromatic rings. The molecule has 0 aromatic heterocycles. The zero-order valence-corrected chi connectivity index (χ0v) is 17.9. The fraction of sp³-hybridized carbons (Fsp3) is 0.125. The van der Waals surface area contributed by atoms with Crippen molar-refractivity contribution in [3.05, 3.63) is 70.8 Å². The van der Waals surface area contributed by atoms with Crippen LogP contribution < -0.4 is 19.7 Å². The molecule has 7 nitrogen and oxygen atoms in total. The number of terminal acetylenes is 1. The highest BCUT2D eigenvalue weighted by Crippen LogP contribution is 2.35. The molecule has 4 amide bonds. The predicted octanol–water partition coefficient (Wildman–Crippen LogP) is 3.76. The Morgan fingerprint density at radius 2 is 1.94 bits per heavy atom. The van der Waals surface area contributed by atoms with E-state index < -0.39 is 17.8 Å². The Bertz CT molecular complexity index is 1160. The summed E-state index contributed by atoms with van der Waals surface area (Å²) in [6, 6.07) is 8.59. The number of anilines is 1. The molecule has 0 radical (unpaired) electrons. The first-order valence-corrected chi connectivity index (χ1v) is 9.82. The van der Waals surface area contributed by atoms with Crippen LogP contribution in [0.1, 0.15) is 11.1 Å². The summed E-state index contributed by atoms with van der Waals surface area (Å²) in [6.45, 7) is 3.78. The number of ether oxygens (including phenoxy) is 2. The fourth-order valence-corrected chi connectivity index (χ4v) is 3.28. The largest absolute Gasteiger partial charge is 0.493 e. The summed E-state index contributed by atoms with van der Waals surface area (Å²) in [4.78, 5) is 38.7. The number of halogens is 1. The van der Waals surface area contributed by atoms with Gasteiger partial charge in [0.05, 0.1) is 12.8 Å². The number of amides is 4. The maximum absolute atomic E-state index is 13.1. The molecule has 162 valence electrons. The van der Waals surface area contributed by atoms with Gasteiger partial charge in [-0.25, -0.2) is 9.69 Å². The van der Waals surface area contributed by atoms with Crippen LogP contribution in [0, 0.1) is 12.3 Å². The molecule has 2 aromatic carbocycles. The second kappa shape index (κ2) is 9.86. The van der Waals surface area contributed by atoms with Gasteiger partial charge in [-0.05, 0) is 54.5 Å². The molecule has 3 rings (SSSR count). The highest BCUT2D eigenvalue weighted by atomic mass is 35.5. The molecule has 1 aliphatic heterocycles. The lowest BCUT2D eigenvalue weighted by atomic mass is 10.0. The number of carbonyl (C=O) groups excluding carboxylic acids is 3. The molecule has 0 spiro atoms. The maximum atomic E-state index is 13.1. The predicted molar refractivity (Wildman–Crippen MR) is 122 cm³/mol. The monoisotopic (exact) mass is 450 g/mol. The molecule has 1 saturated heterocycles. The molecule has 0 unspecified atom stereocenters. The lowest BCUT2D eigenvalue weighted by Gasteiger charge is -2.26. The van der Waals surface area contributed by atoms with Gasteiger partial charge in [0.1, 0.15) is 12.2 Å². The molecule has 1 N–H and O–H groups in total. The molecular formula is C24H19ClN2O5. The van der Waals surface area contributed by atoms with E-state index in [4.69, 9.17) is 27.5 Å². The topological polar surface area (TPSA) is 84.9 Å². The van der Waals surface area contributed by atoms with Crippen LogP contribution >= 0.6 is 11.6 Å². The van der Waals surface area contributed by atoms with Crippen LogP contribution in [0.3, 0.4) is 0 Å². The maximum Gasteiger partial charge on any atom is 0.335 e. The summed E-state index contributed by atoms with van der Waals surface area (Å²) < 4.78 is 11.0. The Morgan fingerprint density at radius 1 is 1.22 bits per heavy atom. The van der Waals surface area contributed by atoms with Gasteiger partial charge in [-0.1, -0.05) is 23.6 Å². The van der Waals surface area contributed by atoms with Crippen molar-refractivity contribution in [2.45, 2.75) is 6.42 Å². The average molecular weight is 451 g/mol. The summed E-state index contributed by atoms with van der Waals surface area (Å²) in [5.41, 5.74) is 1.26. The van der Waals surface area contributed by atoms with Crippen LogP contribution in [0.4, 0.5) is 10.5 Å². The van der Waals surface area contributed by atoms with Crippen LogP contribution in [0.5, 0.6) is 11.5 Å². The zero-order chi connectivity index (χ0) is 23.3. The van der Waals surface area contributed by atoms with Gasteiger partial charge >= 0.3 is 6.03 Å². The average Bonchev–Trinajstić information content (AvgIpc) is 2.77. The first-order chi connectivity index (χ1) is 15.4. The van der Waals surface area contributed by atoms with Crippen molar-refractivity contribution >= 4 is 41.2 Å². The van der Waals surface area contributed by atoms with Gasteiger partial charge in [-0.2, -0.15) is 0 Å². The molecule has 32 heavy (non-hydrogen) atoms. The molecule has 1 fully saturated rings. The summed E-state index contributed by atoms with van der Waals surface area (Å²) in [5, 5.41) is 2.63. The minimum Gasteiger partial charge on any atom is -0.493 e. The standard InChI is InChI=1S/C24H19ClN2O5/c1-4-6-16-12-15(14-20(31-3)21(16)32-11-5-2)13-19-22(28)26-24(30)27(23(19)29)18-9-7-17(25)8-10-18/h2,4,7-10,12-14H,1,6,11H2,3H3,(H,26,28,30)/b19-13+. The Kier molecular flexibility index (Phi) is 6.98. The van der Waals surface area contributed by atoms with E-state index in [2.05, 4.69) is 17.8 Å². The number of urea groups is 1. The Balaban J connectivity index is 2.06. The molecule has 0 aliphatic carbocycles. The number of carbonyl (C=O) groups is 3. The minimum atomic E-state index is -0.845. The Morgan fingerprint density at radius 3 is 2.56 bits per heavy atom. The number of allylic oxidation sites excluding steroid dienone is 1. The third-order valence-corrected chi connectivity index (χ3v) is 4.79. The number of methoxy groups -OCH3 is 1. The molecule has 1 heterocycles. The Labute approximate surface area is 190 Å². The van der Waals surface area contributed by atoms with E-state index in [-0.39, 0.29) is 17.9 Å². The van der Waals surface area contributed by atoms with Gasteiger partial charge in [0.2, 0.25) is 0 Å². The smallest absolute Gasteiger partial charge is 0.335 e. The third kappa shape index (κ3) is 4.66. The van der Waals surface area contributed by atoms with Crippen molar-refractivity contribution in [3.63, 3.8) is 0 Å². The third-order valence-electron chi connectivity index (χ3n) is 4.54. The van der Waals surface area contributed by atoms with Crippen LogP contribution in [0.2, 0.25) is 5.02 Å². The summed E-state index contributed by atoms with van der Waals surface area (Å²) in [6.07, 6.45) is 8.78. The van der Waals surface area contributed by atoms with Crippen LogP contribution in [0.15, 0.2) is 54.6 Å². The lowest BCUT2D eigenvalue weighted by Crippen LogP contribution is -2.54. The summed E-state index contributed by atoms with van der Waals surface area (Å²) in [5.74, 6) is 1.65. The molecule has 0 saturated carbocycles. The van der Waals surface area contributed by atoms with Crippen molar-refractivity contribution in [2.75, 3.05) is 18.6 Å². The number of rotatable bonds is 7. The zero-order valence-electron chi connectivity index (χ0n) is 17.2. The molecular weight excluding hydrogens is 432 g/mol. The Hall–Kier alpha value is -4.02. The number of nitrogens with one attached hydrogen (secondary N) is 1. The number of barbiturate groups is 1. The van der Waals surface area contributed by atoms with Gasteiger partial charge in [0.15, 0.2) is 11.5 Å². The lowest BCUT2D eigenvalue weighted by molar-refractivity contribution is -0.122. The van der Waals surface area contributed by atoms with E-state index in [1.54, 1.807) is 30.3 Å². The van der Waals surface area contributed by atoms with Gasteiger partial charge in [0.25, 0.3) is 11.8 Å². The number of nitrogens with zero attached hydrogens (tertiary/aromatic N) is 1. The van der Waals surface area contributed by atoms with E-state index in [0.717, 1.165) is 4.90 Å². The highest BCUT2D eigenvalue weighted by molar-refractivity contribution is 6.39. The quantitative estimate of drug-likeness (QED) is 0.300. The normalized spacial score (nSPS) is 14.7. The van der Waals surface area contributed by atoms with E-state index >= 15 is 0 Å². The molecule has 1 aliphatic rings. The van der Waals surface area contributed by atoms with Crippen LogP contribution in [-0.2, 0) is 16.0 Å². The van der Waals surface area contributed by atoms with E-state index in [1.807, 2.05) is 0 Å². The first kappa shape index (κ1) is 22.7. The van der Waals surface area contributed by atoms with Gasteiger partial charge in [0, 0.05) is 10.6 Å². The fourth-order valence-electron chi connectivity index (χ4n) is 3.15.